The molecule has 1 saturated heterocycles. The van der Waals surface area contributed by atoms with Gasteiger partial charge in [-0.1, -0.05) is 6.07 Å². The topological polar surface area (TPSA) is 64.7 Å². The second-order valence-corrected chi connectivity index (χ2v) is 7.39. The molecule has 2 heterocycles. The van der Waals surface area contributed by atoms with Crippen LogP contribution in [0.2, 0.25) is 0 Å². The maximum atomic E-state index is 12.7. The van der Waals surface area contributed by atoms with Crippen molar-refractivity contribution in [2.24, 2.45) is 0 Å². The number of rotatable bonds is 5. The Morgan fingerprint density at radius 1 is 1.10 bits per heavy atom. The molecule has 1 aromatic heterocycles. The number of piperazine rings is 1. The van der Waals surface area contributed by atoms with E-state index in [0.717, 1.165) is 12.1 Å². The summed E-state index contributed by atoms with van der Waals surface area (Å²) in [5, 5.41) is 8.76. The van der Waals surface area contributed by atoms with Gasteiger partial charge in [0.05, 0.1) is 11.1 Å². The van der Waals surface area contributed by atoms with Crippen LogP contribution in [-0.2, 0) is 6.18 Å². The van der Waals surface area contributed by atoms with Gasteiger partial charge >= 0.3 is 12.2 Å². The molecule has 10 heteroatoms. The van der Waals surface area contributed by atoms with E-state index < -0.39 is 17.8 Å². The Morgan fingerprint density at radius 3 is 2.52 bits per heavy atom. The van der Waals surface area contributed by atoms with E-state index in [1.807, 2.05) is 21.7 Å². The highest BCUT2D eigenvalue weighted by molar-refractivity contribution is 7.08. The van der Waals surface area contributed by atoms with Crippen molar-refractivity contribution >= 4 is 29.0 Å². The standard InChI is InChI=1S/C19H21F3N4O2S/c20-19(21,22)15-2-1-3-16(12-15)24-18(28)23-5-6-25-7-9-26(10-8-25)17(27)14-4-11-29-13-14/h1-4,11-13H,5-10H2,(H2,23,24,28). The van der Waals surface area contributed by atoms with E-state index in [-0.39, 0.29) is 11.6 Å². The Morgan fingerprint density at radius 2 is 1.86 bits per heavy atom. The quantitative estimate of drug-likeness (QED) is 0.771. The normalized spacial score (nSPS) is 15.2. The van der Waals surface area contributed by atoms with Crippen LogP contribution in [0.5, 0.6) is 0 Å². The number of hydrogen-bond acceptors (Lipinski definition) is 4. The number of nitrogens with zero attached hydrogens (tertiary/aromatic N) is 2. The highest BCUT2D eigenvalue weighted by Gasteiger charge is 2.30. The molecule has 0 saturated carbocycles. The Labute approximate surface area is 170 Å². The van der Waals surface area contributed by atoms with Crippen LogP contribution in [0.3, 0.4) is 0 Å². The maximum Gasteiger partial charge on any atom is 0.416 e. The van der Waals surface area contributed by atoms with E-state index in [1.165, 1.54) is 23.5 Å². The number of carbonyl (C=O) groups excluding carboxylic acids is 2. The fourth-order valence-corrected chi connectivity index (χ4v) is 3.65. The lowest BCUT2D eigenvalue weighted by atomic mass is 10.2. The molecular formula is C19H21F3N4O2S. The number of alkyl halides is 3. The second-order valence-electron chi connectivity index (χ2n) is 6.61. The lowest BCUT2D eigenvalue weighted by Crippen LogP contribution is -2.50. The van der Waals surface area contributed by atoms with Crippen molar-refractivity contribution in [2.45, 2.75) is 6.18 Å². The van der Waals surface area contributed by atoms with Gasteiger partial charge < -0.3 is 15.5 Å². The van der Waals surface area contributed by atoms with Gasteiger partial charge in [0.2, 0.25) is 0 Å². The number of anilines is 1. The first-order valence-corrected chi connectivity index (χ1v) is 10.0. The van der Waals surface area contributed by atoms with Crippen LogP contribution >= 0.6 is 11.3 Å². The zero-order valence-corrected chi connectivity index (χ0v) is 16.4. The minimum absolute atomic E-state index is 0.0319. The SMILES string of the molecule is O=C(NCCN1CCN(C(=O)c2ccsc2)CC1)Nc1cccc(C(F)(F)F)c1. The van der Waals surface area contributed by atoms with Crippen LogP contribution in [0.1, 0.15) is 15.9 Å². The molecule has 0 spiro atoms. The van der Waals surface area contributed by atoms with Crippen molar-refractivity contribution in [1.29, 1.82) is 0 Å². The molecule has 1 aliphatic heterocycles. The zero-order valence-electron chi connectivity index (χ0n) is 15.5. The van der Waals surface area contributed by atoms with Crippen LogP contribution in [0.25, 0.3) is 0 Å². The molecule has 0 unspecified atom stereocenters. The smallest absolute Gasteiger partial charge is 0.337 e. The summed E-state index contributed by atoms with van der Waals surface area (Å²) in [7, 11) is 0. The van der Waals surface area contributed by atoms with Gasteiger partial charge in [0.1, 0.15) is 0 Å². The van der Waals surface area contributed by atoms with Crippen molar-refractivity contribution in [3.8, 4) is 0 Å². The second kappa shape index (κ2) is 9.27. The molecule has 29 heavy (non-hydrogen) atoms. The van der Waals surface area contributed by atoms with Gasteiger partial charge in [-0.2, -0.15) is 24.5 Å². The molecule has 1 aliphatic rings. The van der Waals surface area contributed by atoms with Crippen LogP contribution in [-0.4, -0.2) is 61.0 Å². The van der Waals surface area contributed by atoms with Crippen molar-refractivity contribution in [2.75, 3.05) is 44.6 Å². The third-order valence-electron chi connectivity index (χ3n) is 4.59. The molecule has 1 fully saturated rings. The number of halogens is 3. The van der Waals surface area contributed by atoms with Gasteiger partial charge in [0.25, 0.3) is 5.91 Å². The van der Waals surface area contributed by atoms with Gasteiger partial charge in [-0.15, -0.1) is 0 Å². The molecule has 3 rings (SSSR count). The summed E-state index contributed by atoms with van der Waals surface area (Å²) in [6.45, 7) is 3.58. The van der Waals surface area contributed by atoms with Crippen LogP contribution < -0.4 is 10.6 Å². The lowest BCUT2D eigenvalue weighted by molar-refractivity contribution is -0.137. The van der Waals surface area contributed by atoms with Crippen molar-refractivity contribution in [3.05, 3.63) is 52.2 Å². The summed E-state index contributed by atoms with van der Waals surface area (Å²) in [5.74, 6) is 0.0319. The van der Waals surface area contributed by atoms with E-state index in [0.29, 0.717) is 44.8 Å². The third kappa shape index (κ3) is 5.94. The zero-order chi connectivity index (χ0) is 20.9. The van der Waals surface area contributed by atoms with Gasteiger partial charge in [0, 0.05) is 50.3 Å². The molecule has 1 aromatic carbocycles. The fraction of sp³-hybridized carbons (Fsp3) is 0.368. The highest BCUT2D eigenvalue weighted by Crippen LogP contribution is 2.30. The molecule has 6 nitrogen and oxygen atoms in total. The molecule has 0 aliphatic carbocycles. The van der Waals surface area contributed by atoms with Gasteiger partial charge in [-0.25, -0.2) is 4.79 Å². The Balaban J connectivity index is 1.37. The van der Waals surface area contributed by atoms with Gasteiger partial charge in [-0.3, -0.25) is 9.69 Å². The first kappa shape index (κ1) is 21.1. The fourth-order valence-electron chi connectivity index (χ4n) is 3.02. The molecule has 0 bridgehead atoms. The maximum absolute atomic E-state index is 12.7. The van der Waals surface area contributed by atoms with E-state index in [4.69, 9.17) is 0 Å². The number of hydrogen-bond donors (Lipinski definition) is 2. The number of thiophene rings is 1. The van der Waals surface area contributed by atoms with Crippen LogP contribution in [0, 0.1) is 0 Å². The monoisotopic (exact) mass is 426 g/mol. The minimum atomic E-state index is -4.46. The largest absolute Gasteiger partial charge is 0.416 e. The molecule has 0 radical (unpaired) electrons. The van der Waals surface area contributed by atoms with Crippen LogP contribution in [0.4, 0.5) is 23.7 Å². The summed E-state index contributed by atoms with van der Waals surface area (Å²) in [5.41, 5.74) is -0.0283. The molecule has 3 amide bonds. The minimum Gasteiger partial charge on any atom is -0.337 e. The molecule has 2 N–H and O–H groups in total. The van der Waals surface area contributed by atoms with Crippen molar-refractivity contribution < 1.29 is 22.8 Å². The summed E-state index contributed by atoms with van der Waals surface area (Å²) in [4.78, 5) is 28.2. The predicted octanol–water partition coefficient (Wildman–Crippen LogP) is 3.35. The molecule has 2 aromatic rings. The van der Waals surface area contributed by atoms with E-state index >= 15 is 0 Å². The van der Waals surface area contributed by atoms with E-state index in [2.05, 4.69) is 15.5 Å². The summed E-state index contributed by atoms with van der Waals surface area (Å²) >= 11 is 1.49. The van der Waals surface area contributed by atoms with Crippen molar-refractivity contribution in [3.63, 3.8) is 0 Å². The Hall–Kier alpha value is -2.59. The number of benzene rings is 1. The predicted molar refractivity (Wildman–Crippen MR) is 105 cm³/mol. The average molecular weight is 426 g/mol. The van der Waals surface area contributed by atoms with Crippen molar-refractivity contribution in [1.82, 2.24) is 15.1 Å². The first-order valence-electron chi connectivity index (χ1n) is 9.09. The number of nitrogens with one attached hydrogen (secondary N) is 2. The summed E-state index contributed by atoms with van der Waals surface area (Å²) in [6, 6.07) is 5.74. The molecular weight excluding hydrogens is 405 g/mol. The average Bonchev–Trinajstić information content (AvgIpc) is 3.22. The van der Waals surface area contributed by atoms with Gasteiger partial charge in [-0.05, 0) is 29.6 Å². The Bertz CT molecular complexity index is 834. The van der Waals surface area contributed by atoms with E-state index in [1.54, 1.807) is 0 Å². The van der Waals surface area contributed by atoms with Crippen LogP contribution in [0.15, 0.2) is 41.1 Å². The number of urea groups is 1. The molecule has 0 atom stereocenters. The highest BCUT2D eigenvalue weighted by atomic mass is 32.1. The molecule has 156 valence electrons. The Kier molecular flexibility index (Phi) is 6.75. The third-order valence-corrected chi connectivity index (χ3v) is 5.27. The summed E-state index contributed by atoms with van der Waals surface area (Å²) < 4.78 is 38.1. The lowest BCUT2D eigenvalue weighted by Gasteiger charge is -2.34. The summed E-state index contributed by atoms with van der Waals surface area (Å²) in [6.07, 6.45) is -4.46. The van der Waals surface area contributed by atoms with Gasteiger partial charge in [0.15, 0.2) is 0 Å². The first-order chi connectivity index (χ1) is 13.8. The van der Waals surface area contributed by atoms with E-state index in [9.17, 15) is 22.8 Å². The number of carbonyl (C=O) groups is 2. The number of amides is 3.